The van der Waals surface area contributed by atoms with Crippen LogP contribution in [0.15, 0.2) is 74.3 Å². The van der Waals surface area contributed by atoms with Crippen LogP contribution in [0.5, 0.6) is 0 Å². The summed E-state index contributed by atoms with van der Waals surface area (Å²) in [5.74, 6) is -1.26. The van der Waals surface area contributed by atoms with Gasteiger partial charge in [0.05, 0.1) is 28.1 Å². The van der Waals surface area contributed by atoms with E-state index in [0.29, 0.717) is 26.3 Å². The second-order valence-corrected chi connectivity index (χ2v) is 7.70. The van der Waals surface area contributed by atoms with Gasteiger partial charge in [-0.25, -0.2) is 14.4 Å². The van der Waals surface area contributed by atoms with Gasteiger partial charge in [-0.3, -0.25) is 9.79 Å². The lowest BCUT2D eigenvalue weighted by molar-refractivity contribution is 0.0941. The highest BCUT2D eigenvalue weighted by molar-refractivity contribution is 6.42. The summed E-state index contributed by atoms with van der Waals surface area (Å²) < 4.78 is 14.4. The predicted molar refractivity (Wildman–Crippen MR) is 131 cm³/mol. The fraction of sp³-hybridized carbons (Fsp3) is 0.0909. The summed E-state index contributed by atoms with van der Waals surface area (Å²) in [5.41, 5.74) is 6.16. The number of halogens is 4. The number of carbonyl (C=O) groups is 1. The van der Waals surface area contributed by atoms with Crippen molar-refractivity contribution >= 4 is 65.8 Å². The molecule has 0 bridgehead atoms. The number of rotatable bonds is 8. The average Bonchev–Trinajstić information content (AvgIpc) is 2.76. The number of nitrogens with zero attached hydrogens (tertiary/aromatic N) is 3. The van der Waals surface area contributed by atoms with Crippen molar-refractivity contribution in [3.8, 4) is 0 Å². The third-order valence-electron chi connectivity index (χ3n) is 4.07. The molecule has 0 aromatic heterocycles. The lowest BCUT2D eigenvalue weighted by Crippen LogP contribution is -2.29. The molecule has 0 spiro atoms. The van der Waals surface area contributed by atoms with Gasteiger partial charge in [-0.05, 0) is 61.7 Å². The second-order valence-electron chi connectivity index (χ2n) is 6.29. The minimum Gasteiger partial charge on any atom is -0.390 e. The van der Waals surface area contributed by atoms with Gasteiger partial charge in [-0.15, -0.1) is 0 Å². The van der Waals surface area contributed by atoms with Crippen molar-refractivity contribution in [3.05, 3.63) is 86.3 Å². The van der Waals surface area contributed by atoms with Crippen molar-refractivity contribution in [2.45, 2.75) is 13.0 Å². The minimum atomic E-state index is -0.762. The van der Waals surface area contributed by atoms with Gasteiger partial charge in [0.1, 0.15) is 17.8 Å². The van der Waals surface area contributed by atoms with Crippen LogP contribution in [0.2, 0.25) is 10.0 Å². The van der Waals surface area contributed by atoms with Gasteiger partial charge in [0, 0.05) is 10.6 Å². The molecule has 2 rings (SSSR count). The van der Waals surface area contributed by atoms with Crippen molar-refractivity contribution in [2.24, 2.45) is 20.7 Å². The summed E-state index contributed by atoms with van der Waals surface area (Å²) in [5, 5.41) is 3.96. The van der Waals surface area contributed by atoms with Crippen LogP contribution in [0.25, 0.3) is 0 Å². The summed E-state index contributed by atoms with van der Waals surface area (Å²) in [6.07, 6.45) is 5.33. The Morgan fingerprint density at radius 1 is 1.19 bits per heavy atom. The Labute approximate surface area is 200 Å². The number of nitrogens with two attached hydrogens (primary N) is 1. The van der Waals surface area contributed by atoms with Crippen LogP contribution in [0.1, 0.15) is 28.9 Å². The van der Waals surface area contributed by atoms with Crippen molar-refractivity contribution in [3.63, 3.8) is 0 Å². The fourth-order valence-electron chi connectivity index (χ4n) is 2.56. The fourth-order valence-corrected chi connectivity index (χ4v) is 2.93. The van der Waals surface area contributed by atoms with Gasteiger partial charge in [0.25, 0.3) is 5.91 Å². The number of hydrogen-bond donors (Lipinski definition) is 2. The van der Waals surface area contributed by atoms with E-state index < -0.39 is 17.8 Å². The standard InChI is InChI=1S/C22H19Cl3FN5O/c1-13(23)3-7-20(28-2)21(14-4-6-16(24)17(25)9-14)31-22(32)15-5-8-19(18(26)10-15)30-12-29-11-27/h3-12,21H,2H2,1H3,(H,31,32)(H2,27,29,30)/b13-3+,20-7-/t21-/m0/s1. The van der Waals surface area contributed by atoms with E-state index in [2.05, 4.69) is 27.0 Å². The van der Waals surface area contributed by atoms with E-state index in [1.54, 1.807) is 37.3 Å². The molecule has 0 saturated heterocycles. The molecule has 1 atom stereocenters. The van der Waals surface area contributed by atoms with Crippen LogP contribution in [0.4, 0.5) is 10.1 Å². The summed E-state index contributed by atoms with van der Waals surface area (Å²) in [6, 6.07) is 7.96. The quantitative estimate of drug-likeness (QED) is 0.268. The molecule has 3 N–H and O–H groups in total. The normalized spacial score (nSPS) is 13.5. The van der Waals surface area contributed by atoms with Crippen LogP contribution in [-0.4, -0.2) is 25.3 Å². The van der Waals surface area contributed by atoms with Crippen LogP contribution >= 0.6 is 34.8 Å². The molecule has 2 aromatic carbocycles. The van der Waals surface area contributed by atoms with E-state index in [0.717, 1.165) is 18.7 Å². The maximum atomic E-state index is 14.4. The van der Waals surface area contributed by atoms with Gasteiger partial charge in [0.2, 0.25) is 0 Å². The van der Waals surface area contributed by atoms with E-state index in [9.17, 15) is 9.18 Å². The summed E-state index contributed by atoms with van der Waals surface area (Å²) in [6.45, 7) is 5.26. The highest BCUT2D eigenvalue weighted by Crippen LogP contribution is 2.30. The number of amides is 1. The highest BCUT2D eigenvalue weighted by Gasteiger charge is 2.21. The Morgan fingerprint density at radius 2 is 1.94 bits per heavy atom. The number of benzene rings is 2. The Bertz CT molecular complexity index is 1120. The van der Waals surface area contributed by atoms with Crippen molar-refractivity contribution in [2.75, 3.05) is 0 Å². The molecule has 10 heteroatoms. The Balaban J connectivity index is 2.42. The Hall–Kier alpha value is -3.00. The van der Waals surface area contributed by atoms with E-state index in [1.165, 1.54) is 12.1 Å². The average molecular weight is 495 g/mol. The van der Waals surface area contributed by atoms with Gasteiger partial charge in [-0.2, -0.15) is 0 Å². The van der Waals surface area contributed by atoms with Gasteiger partial charge >= 0.3 is 0 Å². The lowest BCUT2D eigenvalue weighted by atomic mass is 10.0. The molecule has 166 valence electrons. The van der Waals surface area contributed by atoms with Crippen LogP contribution in [-0.2, 0) is 0 Å². The number of allylic oxidation sites excluding steroid dienone is 3. The molecule has 32 heavy (non-hydrogen) atoms. The van der Waals surface area contributed by atoms with Gasteiger partial charge in [-0.1, -0.05) is 40.9 Å². The maximum Gasteiger partial charge on any atom is 0.252 e. The lowest BCUT2D eigenvalue weighted by Gasteiger charge is -2.20. The Morgan fingerprint density at radius 3 is 2.53 bits per heavy atom. The minimum absolute atomic E-state index is 0.00394. The zero-order chi connectivity index (χ0) is 23.7. The monoisotopic (exact) mass is 493 g/mol. The largest absolute Gasteiger partial charge is 0.390 e. The number of aliphatic imine (C=N–C) groups is 3. The maximum absolute atomic E-state index is 14.4. The SMILES string of the molecule is C=N/C(=C\C=C(/C)Cl)[C@@H](NC(=O)c1ccc(N=CN=CN)c(F)c1)c1ccc(Cl)c(Cl)c1. The molecule has 0 heterocycles. The van der Waals surface area contributed by atoms with Crippen LogP contribution < -0.4 is 11.1 Å². The zero-order valence-corrected chi connectivity index (χ0v) is 19.2. The zero-order valence-electron chi connectivity index (χ0n) is 16.9. The third kappa shape index (κ3) is 7.02. The first-order valence-electron chi connectivity index (χ1n) is 9.08. The van der Waals surface area contributed by atoms with E-state index in [-0.39, 0.29) is 11.3 Å². The van der Waals surface area contributed by atoms with Gasteiger partial charge < -0.3 is 11.1 Å². The van der Waals surface area contributed by atoms with E-state index in [1.807, 2.05) is 0 Å². The van der Waals surface area contributed by atoms with Crippen molar-refractivity contribution in [1.29, 1.82) is 0 Å². The number of carbonyl (C=O) groups excluding carboxylic acids is 1. The summed E-state index contributed by atoms with van der Waals surface area (Å²) in [7, 11) is 0. The highest BCUT2D eigenvalue weighted by atomic mass is 35.5. The molecule has 0 unspecified atom stereocenters. The second kappa shape index (κ2) is 12.1. The first-order valence-corrected chi connectivity index (χ1v) is 10.2. The predicted octanol–water partition coefficient (Wildman–Crippen LogP) is 5.98. The molecule has 0 radical (unpaired) electrons. The molecular weight excluding hydrogens is 476 g/mol. The van der Waals surface area contributed by atoms with Crippen LogP contribution in [0.3, 0.4) is 0 Å². The number of nitrogens with one attached hydrogen (secondary N) is 1. The third-order valence-corrected chi connectivity index (χ3v) is 4.94. The van der Waals surface area contributed by atoms with E-state index >= 15 is 0 Å². The molecule has 0 aliphatic rings. The summed E-state index contributed by atoms with van der Waals surface area (Å²) >= 11 is 18.1. The molecule has 0 saturated carbocycles. The molecule has 0 aliphatic heterocycles. The molecule has 0 aliphatic carbocycles. The number of hydrogen-bond acceptors (Lipinski definition) is 3. The molecule has 1 amide bonds. The smallest absolute Gasteiger partial charge is 0.252 e. The van der Waals surface area contributed by atoms with Crippen LogP contribution in [0, 0.1) is 5.82 Å². The van der Waals surface area contributed by atoms with Crippen molar-refractivity contribution < 1.29 is 9.18 Å². The molecule has 2 aromatic rings. The Kier molecular flexibility index (Phi) is 9.59. The van der Waals surface area contributed by atoms with Gasteiger partial charge in [0.15, 0.2) is 0 Å². The van der Waals surface area contributed by atoms with Crippen molar-refractivity contribution in [1.82, 2.24) is 5.32 Å². The first kappa shape index (κ1) is 25.3. The topological polar surface area (TPSA) is 92.2 Å². The molecule has 6 nitrogen and oxygen atoms in total. The first-order chi connectivity index (χ1) is 15.3. The summed E-state index contributed by atoms with van der Waals surface area (Å²) in [4.78, 5) is 24.3. The van der Waals surface area contributed by atoms with E-state index in [4.69, 9.17) is 40.5 Å². The molecular formula is C22H19Cl3FN5O. The molecule has 0 fully saturated rings.